The molecule has 4 nitrogen and oxygen atoms in total. The number of sulfone groups is 1. The van der Waals surface area contributed by atoms with Gasteiger partial charge < -0.3 is 4.74 Å². The maximum atomic E-state index is 13.0. The second-order valence-electron chi connectivity index (χ2n) is 5.14. The summed E-state index contributed by atoms with van der Waals surface area (Å²) in [6.07, 6.45) is -5.34. The van der Waals surface area contributed by atoms with E-state index in [4.69, 9.17) is 10.00 Å². The van der Waals surface area contributed by atoms with Gasteiger partial charge in [0.2, 0.25) is 0 Å². The van der Waals surface area contributed by atoms with Gasteiger partial charge in [-0.2, -0.15) is 18.4 Å². The van der Waals surface area contributed by atoms with Crippen LogP contribution in [0.5, 0.6) is 0 Å². The van der Waals surface area contributed by atoms with E-state index in [9.17, 15) is 21.6 Å². The third-order valence-electron chi connectivity index (χ3n) is 3.87. The Balaban J connectivity index is 2.44. The van der Waals surface area contributed by atoms with Crippen LogP contribution in [0.25, 0.3) is 0 Å². The van der Waals surface area contributed by atoms with E-state index >= 15 is 0 Å². The fraction of sp³-hybridized carbons (Fsp3) is 0.500. The summed E-state index contributed by atoms with van der Waals surface area (Å²) in [5, 5.41) is 7.95. The third-order valence-corrected chi connectivity index (χ3v) is 6.10. The van der Waals surface area contributed by atoms with Crippen molar-refractivity contribution in [3.05, 3.63) is 29.8 Å². The Labute approximate surface area is 126 Å². The highest BCUT2D eigenvalue weighted by atomic mass is 32.2. The number of ether oxygens (including phenoxy) is 1. The molecular weight excluding hydrogens is 319 g/mol. The normalized spacial score (nSPS) is 25.9. The number of methoxy groups -OCH3 is 1. The minimum absolute atomic E-state index is 0.0171. The van der Waals surface area contributed by atoms with Crippen LogP contribution in [0.4, 0.5) is 13.2 Å². The molecule has 120 valence electrons. The van der Waals surface area contributed by atoms with Crippen LogP contribution in [0.3, 0.4) is 0 Å². The number of nitriles is 1. The van der Waals surface area contributed by atoms with Gasteiger partial charge in [-0.25, -0.2) is 8.42 Å². The summed E-state index contributed by atoms with van der Waals surface area (Å²) in [5.74, 6) is -0.636. The quantitative estimate of drug-likeness (QED) is 0.853. The number of hydrogen-bond donors (Lipinski definition) is 0. The largest absolute Gasteiger partial charge is 0.417 e. The Bertz CT molecular complexity index is 694. The maximum Gasteiger partial charge on any atom is 0.417 e. The molecule has 1 aliphatic carbocycles. The second kappa shape index (κ2) is 5.89. The summed E-state index contributed by atoms with van der Waals surface area (Å²) in [7, 11) is -2.83. The van der Waals surface area contributed by atoms with Crippen LogP contribution < -0.4 is 0 Å². The number of halogens is 3. The van der Waals surface area contributed by atoms with Crippen molar-refractivity contribution >= 4 is 9.84 Å². The van der Waals surface area contributed by atoms with Crippen LogP contribution in [0.1, 0.15) is 18.4 Å². The Morgan fingerprint density at radius 2 is 1.91 bits per heavy atom. The highest BCUT2D eigenvalue weighted by molar-refractivity contribution is 7.92. The molecule has 0 aromatic heterocycles. The first-order valence-corrected chi connectivity index (χ1v) is 8.09. The van der Waals surface area contributed by atoms with E-state index in [1.54, 1.807) is 0 Å². The van der Waals surface area contributed by atoms with Crippen molar-refractivity contribution in [2.45, 2.75) is 35.3 Å². The van der Waals surface area contributed by atoms with Crippen molar-refractivity contribution in [1.82, 2.24) is 0 Å². The number of benzene rings is 1. The fourth-order valence-electron chi connectivity index (χ4n) is 2.73. The van der Waals surface area contributed by atoms with Crippen LogP contribution in [-0.2, 0) is 20.8 Å². The van der Waals surface area contributed by atoms with Crippen LogP contribution in [0.15, 0.2) is 29.2 Å². The first-order chi connectivity index (χ1) is 10.2. The highest BCUT2D eigenvalue weighted by Crippen LogP contribution is 2.40. The molecule has 0 radical (unpaired) electrons. The fourth-order valence-corrected chi connectivity index (χ4v) is 4.75. The zero-order valence-corrected chi connectivity index (χ0v) is 12.5. The van der Waals surface area contributed by atoms with E-state index in [1.165, 1.54) is 13.2 Å². The molecule has 0 unspecified atom stereocenters. The summed E-state index contributed by atoms with van der Waals surface area (Å²) in [4.78, 5) is -0.735. The van der Waals surface area contributed by atoms with Crippen molar-refractivity contribution in [2.24, 2.45) is 5.92 Å². The number of hydrogen-bond acceptors (Lipinski definition) is 4. The van der Waals surface area contributed by atoms with Gasteiger partial charge in [0.25, 0.3) is 0 Å². The van der Waals surface area contributed by atoms with E-state index in [0.717, 1.165) is 18.2 Å². The summed E-state index contributed by atoms with van der Waals surface area (Å²) < 4.78 is 69.2. The molecule has 0 N–H and O–H groups in total. The summed E-state index contributed by atoms with van der Waals surface area (Å²) >= 11 is 0. The molecule has 1 fully saturated rings. The lowest BCUT2D eigenvalue weighted by Gasteiger charge is -2.16. The molecule has 1 aromatic rings. The van der Waals surface area contributed by atoms with Crippen LogP contribution in [0.2, 0.25) is 0 Å². The minimum atomic E-state index is -4.75. The van der Waals surface area contributed by atoms with Gasteiger partial charge in [0.1, 0.15) is 0 Å². The molecule has 1 aliphatic rings. The Hall–Kier alpha value is -1.59. The van der Waals surface area contributed by atoms with Crippen molar-refractivity contribution in [3.8, 4) is 6.07 Å². The first kappa shape index (κ1) is 16.8. The van der Waals surface area contributed by atoms with Crippen molar-refractivity contribution in [3.63, 3.8) is 0 Å². The zero-order chi connectivity index (χ0) is 16.5. The lowest BCUT2D eigenvalue weighted by atomic mass is 10.1. The lowest BCUT2D eigenvalue weighted by Crippen LogP contribution is -2.23. The van der Waals surface area contributed by atoms with Crippen LogP contribution in [0, 0.1) is 17.2 Å². The van der Waals surface area contributed by atoms with Gasteiger partial charge in [-0.05, 0) is 25.0 Å². The SMILES string of the molecule is CO[C@H]1C[C@@H](S(=O)(=O)c2ccccc2C(F)(F)F)C[C@@H]1C#N. The molecule has 1 aromatic carbocycles. The molecule has 0 amide bonds. The minimum Gasteiger partial charge on any atom is -0.380 e. The van der Waals surface area contributed by atoms with E-state index < -0.39 is 43.7 Å². The van der Waals surface area contributed by atoms with Gasteiger partial charge in [0, 0.05) is 7.11 Å². The molecular formula is C14H14F3NO3S. The van der Waals surface area contributed by atoms with Crippen molar-refractivity contribution in [2.75, 3.05) is 7.11 Å². The average Bonchev–Trinajstić information content (AvgIpc) is 2.90. The predicted molar refractivity (Wildman–Crippen MR) is 71.6 cm³/mol. The molecule has 2 rings (SSSR count). The third kappa shape index (κ3) is 2.96. The van der Waals surface area contributed by atoms with E-state index in [-0.39, 0.29) is 12.8 Å². The number of nitrogens with zero attached hydrogens (tertiary/aromatic N) is 1. The topological polar surface area (TPSA) is 67.2 Å². The summed E-state index contributed by atoms with van der Waals surface area (Å²) in [6, 6.07) is 6.06. The molecule has 0 bridgehead atoms. The monoisotopic (exact) mass is 333 g/mol. The van der Waals surface area contributed by atoms with Crippen LogP contribution in [-0.4, -0.2) is 26.9 Å². The molecule has 0 aliphatic heterocycles. The van der Waals surface area contributed by atoms with Crippen molar-refractivity contribution in [1.29, 1.82) is 5.26 Å². The van der Waals surface area contributed by atoms with E-state index in [2.05, 4.69) is 0 Å². The first-order valence-electron chi connectivity index (χ1n) is 6.54. The standard InChI is InChI=1S/C14H14F3NO3S/c1-21-12-7-10(6-9(12)8-18)22(19,20)13-5-3-2-4-11(13)14(15,16)17/h2-5,9-10,12H,6-7H2,1H3/t9-,10+,12+/m1/s1. The maximum absolute atomic E-state index is 13.0. The summed E-state index contributed by atoms with van der Waals surface area (Å²) in [6.45, 7) is 0. The Morgan fingerprint density at radius 1 is 1.27 bits per heavy atom. The molecule has 22 heavy (non-hydrogen) atoms. The van der Waals surface area contributed by atoms with Crippen molar-refractivity contribution < 1.29 is 26.3 Å². The van der Waals surface area contributed by atoms with E-state index in [0.29, 0.717) is 0 Å². The predicted octanol–water partition coefficient (Wildman–Crippen LogP) is 2.80. The van der Waals surface area contributed by atoms with Gasteiger partial charge in [-0.3, -0.25) is 0 Å². The van der Waals surface area contributed by atoms with Gasteiger partial charge >= 0.3 is 6.18 Å². The number of rotatable bonds is 3. The van der Waals surface area contributed by atoms with Crippen LogP contribution >= 0.6 is 0 Å². The average molecular weight is 333 g/mol. The second-order valence-corrected chi connectivity index (χ2v) is 7.34. The molecule has 0 heterocycles. The van der Waals surface area contributed by atoms with Gasteiger partial charge in [0.05, 0.1) is 33.8 Å². The number of alkyl halides is 3. The van der Waals surface area contributed by atoms with Gasteiger partial charge in [-0.1, -0.05) is 12.1 Å². The molecule has 0 saturated heterocycles. The van der Waals surface area contributed by atoms with E-state index in [1.807, 2.05) is 6.07 Å². The Kier molecular flexibility index (Phi) is 4.49. The lowest BCUT2D eigenvalue weighted by molar-refractivity contribution is -0.139. The molecule has 0 spiro atoms. The molecule has 3 atom stereocenters. The van der Waals surface area contributed by atoms with Gasteiger partial charge in [0.15, 0.2) is 9.84 Å². The smallest absolute Gasteiger partial charge is 0.380 e. The Morgan fingerprint density at radius 3 is 2.41 bits per heavy atom. The molecule has 8 heteroatoms. The van der Waals surface area contributed by atoms with Gasteiger partial charge in [-0.15, -0.1) is 0 Å². The molecule has 1 saturated carbocycles. The summed E-state index contributed by atoms with van der Waals surface area (Å²) in [5.41, 5.74) is -1.18. The highest BCUT2D eigenvalue weighted by Gasteiger charge is 2.45. The zero-order valence-electron chi connectivity index (χ0n) is 11.7.